The molecule has 0 atom stereocenters. The Morgan fingerprint density at radius 3 is 2.86 bits per heavy atom. The van der Waals surface area contributed by atoms with Crippen molar-refractivity contribution >= 4 is 15.9 Å². The van der Waals surface area contributed by atoms with Crippen molar-refractivity contribution in [3.05, 3.63) is 34.0 Å². The predicted molar refractivity (Wildman–Crippen MR) is 51.1 cm³/mol. The minimum absolute atomic E-state index is 0.341. The SMILES string of the molecule is Cc1noc(-c2cc(Br)c[n+]([O-])c2)n1. The molecule has 2 aromatic rings. The first kappa shape index (κ1) is 9.14. The van der Waals surface area contributed by atoms with Crippen LogP contribution in [0.15, 0.2) is 27.5 Å². The van der Waals surface area contributed by atoms with Crippen LogP contribution in [0.5, 0.6) is 0 Å². The zero-order valence-electron chi connectivity index (χ0n) is 7.27. The van der Waals surface area contributed by atoms with Crippen molar-refractivity contribution in [1.29, 1.82) is 0 Å². The second-order valence-electron chi connectivity index (χ2n) is 2.75. The summed E-state index contributed by atoms with van der Waals surface area (Å²) in [6, 6.07) is 1.74. The van der Waals surface area contributed by atoms with Crippen molar-refractivity contribution in [3.63, 3.8) is 0 Å². The second kappa shape index (κ2) is 3.38. The Hall–Kier alpha value is -1.43. The van der Waals surface area contributed by atoms with Crippen molar-refractivity contribution in [2.24, 2.45) is 0 Å². The van der Waals surface area contributed by atoms with Gasteiger partial charge >= 0.3 is 0 Å². The lowest BCUT2D eigenvalue weighted by atomic mass is 10.3. The highest BCUT2D eigenvalue weighted by Crippen LogP contribution is 2.18. The van der Waals surface area contributed by atoms with Crippen LogP contribution in [0.1, 0.15) is 5.82 Å². The number of nitrogens with zero attached hydrogens (tertiary/aromatic N) is 3. The van der Waals surface area contributed by atoms with E-state index in [4.69, 9.17) is 4.52 Å². The maximum Gasteiger partial charge on any atom is 0.264 e. The quantitative estimate of drug-likeness (QED) is 0.572. The Labute approximate surface area is 88.1 Å². The average Bonchev–Trinajstić information content (AvgIpc) is 2.50. The summed E-state index contributed by atoms with van der Waals surface area (Å²) in [5.74, 6) is 0.880. The molecule has 0 saturated heterocycles. The van der Waals surface area contributed by atoms with Gasteiger partial charge in [-0.15, -0.1) is 0 Å². The first-order valence-corrected chi connectivity index (χ1v) is 4.64. The summed E-state index contributed by atoms with van der Waals surface area (Å²) in [4.78, 5) is 4.01. The first-order valence-electron chi connectivity index (χ1n) is 3.85. The largest absolute Gasteiger partial charge is 0.619 e. The Morgan fingerprint density at radius 1 is 1.50 bits per heavy atom. The third-order valence-corrected chi connectivity index (χ3v) is 2.02. The van der Waals surface area contributed by atoms with Crippen LogP contribution in [0, 0.1) is 12.1 Å². The average molecular weight is 256 g/mol. The van der Waals surface area contributed by atoms with Gasteiger partial charge in [-0.2, -0.15) is 9.71 Å². The van der Waals surface area contributed by atoms with Gasteiger partial charge in [0, 0.05) is 0 Å². The molecule has 0 radical (unpaired) electrons. The van der Waals surface area contributed by atoms with Gasteiger partial charge in [0.2, 0.25) is 0 Å². The molecule has 72 valence electrons. The van der Waals surface area contributed by atoms with E-state index in [1.165, 1.54) is 12.4 Å². The number of aryl methyl sites for hydroxylation is 1. The Morgan fingerprint density at radius 2 is 2.29 bits per heavy atom. The van der Waals surface area contributed by atoms with Gasteiger partial charge in [-0.25, -0.2) is 0 Å². The molecule has 0 unspecified atom stereocenters. The smallest absolute Gasteiger partial charge is 0.264 e. The van der Waals surface area contributed by atoms with Crippen LogP contribution < -0.4 is 4.73 Å². The highest BCUT2D eigenvalue weighted by Gasteiger charge is 2.10. The van der Waals surface area contributed by atoms with E-state index >= 15 is 0 Å². The molecule has 2 rings (SSSR count). The summed E-state index contributed by atoms with van der Waals surface area (Å²) >= 11 is 3.21. The third-order valence-electron chi connectivity index (χ3n) is 1.58. The molecular formula is C8H6BrN3O2. The molecule has 0 aliphatic rings. The van der Waals surface area contributed by atoms with Crippen LogP contribution in [0.2, 0.25) is 0 Å². The van der Waals surface area contributed by atoms with Crippen molar-refractivity contribution in [1.82, 2.24) is 10.1 Å². The molecular weight excluding hydrogens is 250 g/mol. The molecule has 0 saturated carbocycles. The van der Waals surface area contributed by atoms with Crippen LogP contribution in [0.25, 0.3) is 11.5 Å². The third kappa shape index (κ3) is 1.74. The minimum Gasteiger partial charge on any atom is -0.619 e. The van der Waals surface area contributed by atoms with Gasteiger partial charge in [0.1, 0.15) is 5.56 Å². The molecule has 2 heterocycles. The predicted octanol–water partition coefficient (Wildman–Crippen LogP) is 1.44. The normalized spacial score (nSPS) is 10.4. The lowest BCUT2D eigenvalue weighted by Crippen LogP contribution is -2.24. The Kier molecular flexibility index (Phi) is 2.20. The number of halogens is 1. The van der Waals surface area contributed by atoms with Crippen molar-refractivity contribution < 1.29 is 9.25 Å². The summed E-state index contributed by atoms with van der Waals surface area (Å²) in [5.41, 5.74) is 0.593. The lowest BCUT2D eigenvalue weighted by Gasteiger charge is -1.97. The Bertz CT molecular complexity index is 449. The zero-order valence-corrected chi connectivity index (χ0v) is 8.85. The van der Waals surface area contributed by atoms with E-state index in [0.717, 1.165) is 0 Å². The molecule has 6 heteroatoms. The molecule has 0 fully saturated rings. The van der Waals surface area contributed by atoms with E-state index in [0.29, 0.717) is 26.5 Å². The van der Waals surface area contributed by atoms with Gasteiger partial charge < -0.3 is 9.73 Å². The summed E-state index contributed by atoms with van der Waals surface area (Å²) in [5, 5.41) is 14.7. The van der Waals surface area contributed by atoms with Crippen molar-refractivity contribution in [2.75, 3.05) is 0 Å². The Balaban J connectivity index is 2.51. The van der Waals surface area contributed by atoms with E-state index in [2.05, 4.69) is 26.1 Å². The molecule has 2 aromatic heterocycles. The van der Waals surface area contributed by atoms with E-state index in [9.17, 15) is 5.21 Å². The molecule has 0 aromatic carbocycles. The lowest BCUT2D eigenvalue weighted by molar-refractivity contribution is -0.605. The maximum absolute atomic E-state index is 11.1. The van der Waals surface area contributed by atoms with Gasteiger partial charge in [0.25, 0.3) is 5.89 Å². The van der Waals surface area contributed by atoms with Gasteiger partial charge in [0.15, 0.2) is 18.2 Å². The van der Waals surface area contributed by atoms with E-state index in [-0.39, 0.29) is 0 Å². The minimum atomic E-state index is 0.341. The highest BCUT2D eigenvalue weighted by atomic mass is 79.9. The van der Waals surface area contributed by atoms with Crippen LogP contribution in [0.3, 0.4) is 0 Å². The fraction of sp³-hybridized carbons (Fsp3) is 0.125. The van der Waals surface area contributed by atoms with Crippen LogP contribution in [-0.4, -0.2) is 10.1 Å². The molecule has 0 N–H and O–H groups in total. The number of aromatic nitrogens is 3. The monoisotopic (exact) mass is 255 g/mol. The maximum atomic E-state index is 11.1. The molecule has 0 aliphatic heterocycles. The van der Waals surface area contributed by atoms with Gasteiger partial charge in [-0.05, 0) is 28.9 Å². The summed E-state index contributed by atoms with van der Waals surface area (Å²) in [6.07, 6.45) is 2.77. The van der Waals surface area contributed by atoms with Crippen LogP contribution in [0.4, 0.5) is 0 Å². The molecule has 5 nitrogen and oxygen atoms in total. The fourth-order valence-electron chi connectivity index (χ4n) is 1.05. The van der Waals surface area contributed by atoms with Crippen LogP contribution >= 0.6 is 15.9 Å². The van der Waals surface area contributed by atoms with Crippen LogP contribution in [-0.2, 0) is 0 Å². The van der Waals surface area contributed by atoms with Gasteiger partial charge in [0.05, 0.1) is 4.47 Å². The zero-order chi connectivity index (χ0) is 10.1. The summed E-state index contributed by atoms with van der Waals surface area (Å²) in [6.45, 7) is 1.72. The number of rotatable bonds is 1. The van der Waals surface area contributed by atoms with Crippen molar-refractivity contribution in [3.8, 4) is 11.5 Å². The standard InChI is InChI=1S/C8H6BrN3O2/c1-5-10-8(14-11-5)6-2-7(9)4-12(13)3-6/h2-4H,1H3. The van der Waals surface area contributed by atoms with E-state index in [1.807, 2.05) is 0 Å². The topological polar surface area (TPSA) is 65.9 Å². The molecule has 0 spiro atoms. The second-order valence-corrected chi connectivity index (χ2v) is 3.67. The summed E-state index contributed by atoms with van der Waals surface area (Å²) in [7, 11) is 0. The molecule has 0 bridgehead atoms. The van der Waals surface area contributed by atoms with Gasteiger partial charge in [-0.1, -0.05) is 5.16 Å². The van der Waals surface area contributed by atoms with Crippen molar-refractivity contribution in [2.45, 2.75) is 6.92 Å². The number of hydrogen-bond acceptors (Lipinski definition) is 4. The van der Waals surface area contributed by atoms with E-state index < -0.39 is 0 Å². The number of pyridine rings is 1. The summed E-state index contributed by atoms with van der Waals surface area (Å²) < 4.78 is 6.27. The first-order chi connectivity index (χ1) is 6.65. The molecule has 0 amide bonds. The molecule has 0 aliphatic carbocycles. The van der Waals surface area contributed by atoms with E-state index in [1.54, 1.807) is 13.0 Å². The fourth-order valence-corrected chi connectivity index (χ4v) is 1.50. The van der Waals surface area contributed by atoms with Gasteiger partial charge in [-0.3, -0.25) is 0 Å². The number of hydrogen-bond donors (Lipinski definition) is 0. The molecule has 14 heavy (non-hydrogen) atoms. The highest BCUT2D eigenvalue weighted by molar-refractivity contribution is 9.10.